The largest absolute Gasteiger partial charge is 0.394 e. The third-order valence-corrected chi connectivity index (χ3v) is 4.34. The molecule has 1 saturated carbocycles. The second kappa shape index (κ2) is 6.53. The van der Waals surface area contributed by atoms with Gasteiger partial charge >= 0.3 is 0 Å². The van der Waals surface area contributed by atoms with E-state index in [0.717, 1.165) is 25.7 Å². The zero-order chi connectivity index (χ0) is 13.8. The number of nitrogens with two attached hydrogens (primary N) is 1. The summed E-state index contributed by atoms with van der Waals surface area (Å²) in [6.07, 6.45) is 4.82. The Morgan fingerprint density at radius 1 is 1.61 bits per heavy atom. The first-order chi connectivity index (χ1) is 8.44. The molecule has 18 heavy (non-hydrogen) atoms. The van der Waals surface area contributed by atoms with Crippen LogP contribution in [0.25, 0.3) is 0 Å². The van der Waals surface area contributed by atoms with Gasteiger partial charge in [0.25, 0.3) is 0 Å². The molecule has 0 aromatic carbocycles. The fraction of sp³-hybridized carbons (Fsp3) is 0.929. The van der Waals surface area contributed by atoms with E-state index in [1.54, 1.807) is 0 Å². The molecule has 1 fully saturated rings. The molecule has 4 unspecified atom stereocenters. The molecular formula is C14H28N2O2. The number of hydrogen-bond acceptors (Lipinski definition) is 3. The number of rotatable bonds is 5. The lowest BCUT2D eigenvalue weighted by Crippen LogP contribution is -2.58. The predicted molar refractivity (Wildman–Crippen MR) is 73.0 cm³/mol. The number of nitrogens with one attached hydrogen (secondary N) is 1. The Labute approximate surface area is 110 Å². The lowest BCUT2D eigenvalue weighted by Gasteiger charge is -2.40. The Hall–Kier alpha value is -0.610. The van der Waals surface area contributed by atoms with Crippen LogP contribution in [0.3, 0.4) is 0 Å². The summed E-state index contributed by atoms with van der Waals surface area (Å²) < 4.78 is 0. The van der Waals surface area contributed by atoms with Crippen molar-refractivity contribution in [2.45, 2.75) is 64.5 Å². The molecule has 0 aromatic rings. The quantitative estimate of drug-likeness (QED) is 0.696. The van der Waals surface area contributed by atoms with Crippen molar-refractivity contribution in [2.24, 2.45) is 17.6 Å². The molecule has 1 rings (SSSR count). The molecule has 0 saturated heterocycles. The predicted octanol–water partition coefficient (Wildman–Crippen LogP) is 1.42. The van der Waals surface area contributed by atoms with Gasteiger partial charge in [0, 0.05) is 0 Å². The highest BCUT2D eigenvalue weighted by atomic mass is 16.3. The molecule has 4 atom stereocenters. The minimum Gasteiger partial charge on any atom is -0.394 e. The van der Waals surface area contributed by atoms with E-state index in [-0.39, 0.29) is 18.4 Å². The molecule has 1 aliphatic rings. The molecule has 4 N–H and O–H groups in total. The molecule has 1 aliphatic carbocycles. The topological polar surface area (TPSA) is 75.4 Å². The van der Waals surface area contributed by atoms with Crippen molar-refractivity contribution >= 4 is 5.91 Å². The average Bonchev–Trinajstić information content (AvgIpc) is 2.36. The summed E-state index contributed by atoms with van der Waals surface area (Å²) in [4.78, 5) is 12.1. The van der Waals surface area contributed by atoms with Crippen molar-refractivity contribution in [3.63, 3.8) is 0 Å². The number of hydrogen-bond donors (Lipinski definition) is 3. The zero-order valence-corrected chi connectivity index (χ0v) is 11.9. The highest BCUT2D eigenvalue weighted by Crippen LogP contribution is 2.32. The van der Waals surface area contributed by atoms with Crippen LogP contribution in [0, 0.1) is 11.8 Å². The van der Waals surface area contributed by atoms with Gasteiger partial charge in [-0.15, -0.1) is 0 Å². The van der Waals surface area contributed by atoms with Crippen LogP contribution in [0.1, 0.15) is 52.9 Å². The molecule has 1 amide bonds. The lowest BCUT2D eigenvalue weighted by molar-refractivity contribution is -0.126. The zero-order valence-electron chi connectivity index (χ0n) is 11.9. The van der Waals surface area contributed by atoms with Crippen LogP contribution in [-0.2, 0) is 4.79 Å². The minimum atomic E-state index is -0.476. The molecule has 4 heteroatoms. The number of aliphatic hydroxyl groups is 1. The van der Waals surface area contributed by atoms with E-state index < -0.39 is 11.6 Å². The highest BCUT2D eigenvalue weighted by Gasteiger charge is 2.37. The van der Waals surface area contributed by atoms with Gasteiger partial charge in [-0.2, -0.15) is 0 Å². The van der Waals surface area contributed by atoms with Gasteiger partial charge in [-0.25, -0.2) is 0 Å². The van der Waals surface area contributed by atoms with Crippen molar-refractivity contribution in [3.05, 3.63) is 0 Å². The molecule has 0 radical (unpaired) electrons. The molecule has 0 aromatic heterocycles. The van der Waals surface area contributed by atoms with Gasteiger partial charge in [-0.1, -0.05) is 40.0 Å². The summed E-state index contributed by atoms with van der Waals surface area (Å²) in [6, 6.07) is -0.476. The van der Waals surface area contributed by atoms with Crippen LogP contribution in [0.2, 0.25) is 0 Å². The summed E-state index contributed by atoms with van der Waals surface area (Å²) >= 11 is 0. The van der Waals surface area contributed by atoms with Gasteiger partial charge < -0.3 is 16.2 Å². The third kappa shape index (κ3) is 3.69. The van der Waals surface area contributed by atoms with Crippen LogP contribution in [0.15, 0.2) is 0 Å². The van der Waals surface area contributed by atoms with Crippen LogP contribution in [0.5, 0.6) is 0 Å². The Morgan fingerprint density at radius 3 is 2.78 bits per heavy atom. The maximum absolute atomic E-state index is 12.1. The van der Waals surface area contributed by atoms with E-state index >= 15 is 0 Å². The molecule has 0 aliphatic heterocycles. The van der Waals surface area contributed by atoms with Crippen LogP contribution in [0.4, 0.5) is 0 Å². The SMILES string of the molecule is CCC(C)C(N)C(=O)NC1(CO)CCCC(C)C1. The maximum Gasteiger partial charge on any atom is 0.237 e. The van der Waals surface area contributed by atoms with E-state index in [9.17, 15) is 9.90 Å². The Bertz CT molecular complexity index is 283. The van der Waals surface area contributed by atoms with Crippen molar-refractivity contribution in [1.29, 1.82) is 0 Å². The normalized spacial score (nSPS) is 31.7. The fourth-order valence-corrected chi connectivity index (χ4v) is 2.81. The molecule has 4 nitrogen and oxygen atoms in total. The highest BCUT2D eigenvalue weighted by molar-refractivity contribution is 5.82. The third-order valence-electron chi connectivity index (χ3n) is 4.34. The number of carbonyl (C=O) groups is 1. The summed E-state index contributed by atoms with van der Waals surface area (Å²) in [6.45, 7) is 6.20. The van der Waals surface area contributed by atoms with Gasteiger partial charge in [0.05, 0.1) is 18.2 Å². The first-order valence-electron chi connectivity index (χ1n) is 7.12. The van der Waals surface area contributed by atoms with E-state index in [0.29, 0.717) is 5.92 Å². The van der Waals surface area contributed by atoms with Crippen LogP contribution >= 0.6 is 0 Å². The summed E-state index contributed by atoms with van der Waals surface area (Å²) in [5.41, 5.74) is 5.50. The van der Waals surface area contributed by atoms with Crippen molar-refractivity contribution in [1.82, 2.24) is 5.32 Å². The lowest BCUT2D eigenvalue weighted by atomic mass is 9.76. The number of carbonyl (C=O) groups excluding carboxylic acids is 1. The number of amides is 1. The van der Waals surface area contributed by atoms with Crippen molar-refractivity contribution in [3.8, 4) is 0 Å². The summed E-state index contributed by atoms with van der Waals surface area (Å²) in [5.74, 6) is 0.597. The second-order valence-corrected chi connectivity index (χ2v) is 6.04. The minimum absolute atomic E-state index is 0.0102. The Kier molecular flexibility index (Phi) is 5.60. The average molecular weight is 256 g/mol. The van der Waals surface area contributed by atoms with Gasteiger partial charge in [-0.05, 0) is 24.7 Å². The summed E-state index contributed by atoms with van der Waals surface area (Å²) in [5, 5.41) is 12.6. The molecule has 0 bridgehead atoms. The van der Waals surface area contributed by atoms with Crippen molar-refractivity contribution < 1.29 is 9.90 Å². The van der Waals surface area contributed by atoms with Crippen LogP contribution in [-0.4, -0.2) is 29.2 Å². The van der Waals surface area contributed by atoms with Gasteiger partial charge in [0.1, 0.15) is 0 Å². The van der Waals surface area contributed by atoms with E-state index in [1.807, 2.05) is 13.8 Å². The van der Waals surface area contributed by atoms with Gasteiger partial charge in [-0.3, -0.25) is 4.79 Å². The Morgan fingerprint density at radius 2 is 2.28 bits per heavy atom. The molecular weight excluding hydrogens is 228 g/mol. The maximum atomic E-state index is 12.1. The molecule has 0 heterocycles. The Balaban J connectivity index is 2.65. The van der Waals surface area contributed by atoms with E-state index in [1.165, 1.54) is 6.42 Å². The van der Waals surface area contributed by atoms with Gasteiger partial charge in [0.2, 0.25) is 5.91 Å². The smallest absolute Gasteiger partial charge is 0.237 e. The monoisotopic (exact) mass is 256 g/mol. The fourth-order valence-electron chi connectivity index (χ4n) is 2.81. The molecule has 0 spiro atoms. The first kappa shape index (κ1) is 15.4. The standard InChI is InChI=1S/C14H28N2O2/c1-4-11(3)12(15)13(18)16-14(9-17)7-5-6-10(2)8-14/h10-12,17H,4-9,15H2,1-3H3,(H,16,18). The van der Waals surface area contributed by atoms with Gasteiger partial charge in [0.15, 0.2) is 0 Å². The summed E-state index contributed by atoms with van der Waals surface area (Å²) in [7, 11) is 0. The van der Waals surface area contributed by atoms with E-state index in [4.69, 9.17) is 5.73 Å². The van der Waals surface area contributed by atoms with E-state index in [2.05, 4.69) is 12.2 Å². The van der Waals surface area contributed by atoms with Crippen molar-refractivity contribution in [2.75, 3.05) is 6.61 Å². The molecule has 106 valence electrons. The van der Waals surface area contributed by atoms with Crippen LogP contribution < -0.4 is 11.1 Å². The number of aliphatic hydroxyl groups excluding tert-OH is 1. The first-order valence-corrected chi connectivity index (χ1v) is 7.12. The second-order valence-electron chi connectivity index (χ2n) is 6.04.